The Bertz CT molecular complexity index is 1340. The van der Waals surface area contributed by atoms with Crippen molar-refractivity contribution in [2.45, 2.75) is 336 Å². The third-order valence-corrected chi connectivity index (χ3v) is 14.6. The quantitative estimate of drug-likeness (QED) is 0.0269. The SMILES string of the molecule is CC.CC.CCC.CCC.CCC.CCCCCCCCOC(CCC(=O)OCC12CC(C)(COC(=O)CCCN(CC)CC)CC(CO)(CC(C)(COC(=O)CCC(OCCCCCCCC)OCCCCCCCC)C1)C2)OC. The molecule has 2 aliphatic rings. The van der Waals surface area contributed by atoms with Gasteiger partial charge in [-0.05, 0) is 82.8 Å². The van der Waals surface area contributed by atoms with Crippen LogP contribution in [0.15, 0.2) is 0 Å². The van der Waals surface area contributed by atoms with E-state index in [9.17, 15) is 19.5 Å². The molecule has 5 atom stereocenters. The lowest BCUT2D eigenvalue weighted by Crippen LogP contribution is -2.58. The molecule has 12 heteroatoms. The van der Waals surface area contributed by atoms with Gasteiger partial charge in [-0.15, -0.1) is 0 Å². The summed E-state index contributed by atoms with van der Waals surface area (Å²) in [5.74, 6) is -0.823. The number of esters is 3. The van der Waals surface area contributed by atoms with Crippen LogP contribution in [-0.2, 0) is 47.5 Å². The van der Waals surface area contributed by atoms with Gasteiger partial charge in [0.15, 0.2) is 12.6 Å². The van der Waals surface area contributed by atoms with Gasteiger partial charge >= 0.3 is 17.9 Å². The predicted molar refractivity (Wildman–Crippen MR) is 343 cm³/mol. The van der Waals surface area contributed by atoms with E-state index in [1.807, 2.05) is 27.7 Å². The maximum atomic E-state index is 13.5. The Morgan fingerprint density at radius 2 is 0.753 bits per heavy atom. The number of hydrogen-bond donors (Lipinski definition) is 1. The Balaban J connectivity index is -0.00000208. The van der Waals surface area contributed by atoms with Crippen LogP contribution in [0.25, 0.3) is 0 Å². The molecule has 2 fully saturated rings. The third-order valence-electron chi connectivity index (χ3n) is 14.6. The average molecular weight is 1160 g/mol. The lowest BCUT2D eigenvalue weighted by Gasteiger charge is -2.62. The molecule has 81 heavy (non-hydrogen) atoms. The number of fused-ring (bicyclic) bond motifs is 2. The van der Waals surface area contributed by atoms with Crippen molar-refractivity contribution in [3.63, 3.8) is 0 Å². The summed E-state index contributed by atoms with van der Waals surface area (Å²) in [6, 6.07) is 0. The molecule has 0 heterocycles. The van der Waals surface area contributed by atoms with E-state index in [1.54, 1.807) is 7.11 Å². The molecule has 0 aromatic heterocycles. The van der Waals surface area contributed by atoms with Crippen molar-refractivity contribution in [3.8, 4) is 0 Å². The highest BCUT2D eigenvalue weighted by atomic mass is 16.7. The lowest BCUT2D eigenvalue weighted by molar-refractivity contribution is -0.192. The summed E-state index contributed by atoms with van der Waals surface area (Å²) in [5.41, 5.74) is -2.02. The fraction of sp³-hybridized carbons (Fsp3) is 0.957. The Morgan fingerprint density at radius 3 is 1.11 bits per heavy atom. The zero-order valence-electron chi connectivity index (χ0n) is 57.3. The minimum atomic E-state index is -0.542. The largest absolute Gasteiger partial charge is 0.465 e. The Hall–Kier alpha value is -1.83. The number of methoxy groups -OCH3 is 1. The highest BCUT2D eigenvalue weighted by Gasteiger charge is 2.61. The van der Waals surface area contributed by atoms with E-state index in [2.05, 4.69) is 94.9 Å². The molecular formula is C69H141NO11. The second-order valence-corrected chi connectivity index (χ2v) is 24.0. The molecule has 2 rings (SSSR count). The van der Waals surface area contributed by atoms with Gasteiger partial charge in [0.2, 0.25) is 0 Å². The Labute approximate surface area is 503 Å². The summed E-state index contributed by atoms with van der Waals surface area (Å²) < 4.78 is 42.3. The number of carbonyl (C=O) groups excluding carboxylic acids is 3. The topological polar surface area (TPSA) is 139 Å². The fourth-order valence-corrected chi connectivity index (χ4v) is 11.6. The minimum absolute atomic E-state index is 0.0708. The summed E-state index contributed by atoms with van der Waals surface area (Å²) >= 11 is 0. The van der Waals surface area contributed by atoms with Crippen LogP contribution >= 0.6 is 0 Å². The van der Waals surface area contributed by atoms with Gasteiger partial charge in [0.1, 0.15) is 0 Å². The molecule has 0 aromatic rings. The second-order valence-electron chi connectivity index (χ2n) is 24.0. The number of rotatable bonds is 44. The van der Waals surface area contributed by atoms with Gasteiger partial charge < -0.3 is 43.2 Å². The first-order valence-electron chi connectivity index (χ1n) is 34.2. The molecule has 2 aliphatic carbocycles. The van der Waals surface area contributed by atoms with Crippen molar-refractivity contribution in [2.24, 2.45) is 21.7 Å². The van der Waals surface area contributed by atoms with Crippen LogP contribution in [0.4, 0.5) is 0 Å². The van der Waals surface area contributed by atoms with E-state index in [4.69, 9.17) is 33.2 Å². The van der Waals surface area contributed by atoms with Gasteiger partial charge in [-0.1, -0.05) is 233 Å². The molecule has 0 spiro atoms. The summed E-state index contributed by atoms with van der Waals surface area (Å²) in [4.78, 5) is 42.4. The standard InChI is InChI=1S/C56H105NO11.3C3H8.2C2H6/c1-9-14-17-20-23-26-36-63-51(62-8)33-31-50(61)68-47-56-41-53(6,45-66-48(59)30-29-35-57(12-4)13-5)39-55(43-56,44-58)40-54(7,42-56)46-67-49(60)32-34-52(64-37-27-24-21-18-15-10-2)65-38-28-25-22-19-16-11-3;3*1-3-2;2*1-2/h51-52,58H,9-47H2,1-8H3;3*3H2,1-2H3;2*1-2H3. The molecule has 2 saturated carbocycles. The normalized spacial score (nSPS) is 20.1. The summed E-state index contributed by atoms with van der Waals surface area (Å²) in [6.07, 6.45) is 29.4. The number of aliphatic hydroxyl groups is 1. The van der Waals surface area contributed by atoms with Crippen LogP contribution < -0.4 is 0 Å². The van der Waals surface area contributed by atoms with Crippen LogP contribution in [0.2, 0.25) is 0 Å². The van der Waals surface area contributed by atoms with Crippen LogP contribution in [0.1, 0.15) is 323 Å². The number of carbonyl (C=O) groups is 3. The van der Waals surface area contributed by atoms with Gasteiger partial charge in [-0.2, -0.15) is 0 Å². The molecule has 1 N–H and O–H groups in total. The fourth-order valence-electron chi connectivity index (χ4n) is 11.6. The Kier molecular flexibility index (Phi) is 61.9. The van der Waals surface area contributed by atoms with Crippen molar-refractivity contribution < 1.29 is 52.6 Å². The van der Waals surface area contributed by atoms with Crippen LogP contribution in [0.3, 0.4) is 0 Å². The molecule has 488 valence electrons. The van der Waals surface area contributed by atoms with Crippen molar-refractivity contribution in [3.05, 3.63) is 0 Å². The van der Waals surface area contributed by atoms with E-state index in [0.717, 1.165) is 64.6 Å². The zero-order valence-corrected chi connectivity index (χ0v) is 57.3. The zero-order chi connectivity index (χ0) is 62.1. The van der Waals surface area contributed by atoms with Crippen molar-refractivity contribution in [2.75, 3.05) is 73.0 Å². The van der Waals surface area contributed by atoms with Crippen LogP contribution in [0.5, 0.6) is 0 Å². The highest BCUT2D eigenvalue weighted by Crippen LogP contribution is 2.65. The molecule has 5 unspecified atom stereocenters. The van der Waals surface area contributed by atoms with Crippen molar-refractivity contribution >= 4 is 17.9 Å². The number of nitrogens with zero attached hydrogens (tertiary/aromatic N) is 1. The monoisotopic (exact) mass is 1160 g/mol. The first-order chi connectivity index (χ1) is 39.0. The molecule has 0 radical (unpaired) electrons. The molecule has 0 saturated heterocycles. The second kappa shape index (κ2) is 58.5. The molecule has 0 aliphatic heterocycles. The van der Waals surface area contributed by atoms with Crippen LogP contribution in [0, 0.1) is 21.7 Å². The van der Waals surface area contributed by atoms with Crippen molar-refractivity contribution in [1.29, 1.82) is 0 Å². The molecule has 12 nitrogen and oxygen atoms in total. The summed E-state index contributed by atoms with van der Waals surface area (Å²) in [6.45, 7) is 41.0. The average Bonchev–Trinajstić information content (AvgIpc) is 3.46. The minimum Gasteiger partial charge on any atom is -0.465 e. The first kappa shape index (κ1) is 85.6. The Morgan fingerprint density at radius 1 is 0.432 bits per heavy atom. The van der Waals surface area contributed by atoms with Gasteiger partial charge in [0.25, 0.3) is 0 Å². The number of unbranched alkanes of at least 4 members (excludes halogenated alkanes) is 15. The smallest absolute Gasteiger partial charge is 0.305 e. The van der Waals surface area contributed by atoms with E-state index >= 15 is 0 Å². The van der Waals surface area contributed by atoms with Gasteiger partial charge in [-0.25, -0.2) is 0 Å². The molecule has 2 bridgehead atoms. The third kappa shape index (κ3) is 47.1. The number of ether oxygens (including phenoxy) is 7. The maximum Gasteiger partial charge on any atom is 0.305 e. The summed E-state index contributed by atoms with van der Waals surface area (Å²) in [5, 5.41) is 11.3. The van der Waals surface area contributed by atoms with Gasteiger partial charge in [-0.3, -0.25) is 14.4 Å². The number of hydrogen-bond acceptors (Lipinski definition) is 12. The molecule has 0 aromatic carbocycles. The molecule has 0 amide bonds. The molecular weight excluding hydrogens is 1020 g/mol. The van der Waals surface area contributed by atoms with Gasteiger partial charge in [0.05, 0.1) is 32.7 Å². The van der Waals surface area contributed by atoms with E-state index in [1.165, 1.54) is 96.3 Å². The van der Waals surface area contributed by atoms with Crippen LogP contribution in [-0.4, -0.2) is 113 Å². The van der Waals surface area contributed by atoms with Crippen molar-refractivity contribution in [1.82, 2.24) is 4.90 Å². The van der Waals surface area contributed by atoms with E-state index in [0.29, 0.717) is 71.2 Å². The van der Waals surface area contributed by atoms with E-state index < -0.39 is 34.2 Å². The van der Waals surface area contributed by atoms with Gasteiger partial charge in [0, 0.05) is 69.0 Å². The number of aliphatic hydroxyl groups excluding tert-OH is 1. The lowest BCUT2D eigenvalue weighted by atomic mass is 9.44. The maximum absolute atomic E-state index is 13.5. The predicted octanol–water partition coefficient (Wildman–Crippen LogP) is 19.0. The first-order valence-corrected chi connectivity index (χ1v) is 34.2. The highest BCUT2D eigenvalue weighted by molar-refractivity contribution is 5.70. The van der Waals surface area contributed by atoms with E-state index in [-0.39, 0.29) is 57.2 Å². The summed E-state index contributed by atoms with van der Waals surface area (Å²) in [7, 11) is 1.61.